The molecule has 7 heteroatoms. The maximum absolute atomic E-state index is 12.9. The number of nitrogens with one attached hydrogen (secondary N) is 1. The summed E-state index contributed by atoms with van der Waals surface area (Å²) in [4.78, 5) is 18.0. The number of rotatable bonds is 5. The molecule has 0 radical (unpaired) electrons. The topological polar surface area (TPSA) is 76.1 Å². The van der Waals surface area contributed by atoms with E-state index in [9.17, 15) is 13.2 Å². The third kappa shape index (κ3) is 4.41. The Labute approximate surface area is 174 Å². The number of carbonyl (C=O) groups is 1. The highest BCUT2D eigenvalue weighted by molar-refractivity contribution is 7.90. The highest BCUT2D eigenvalue weighted by Crippen LogP contribution is 2.38. The average molecular weight is 427 g/mol. The van der Waals surface area contributed by atoms with Gasteiger partial charge in [0.25, 0.3) is 0 Å². The predicted octanol–water partition coefficient (Wildman–Crippen LogP) is 4.07. The third-order valence-electron chi connectivity index (χ3n) is 5.22. The molecule has 0 spiro atoms. The summed E-state index contributed by atoms with van der Waals surface area (Å²) < 4.78 is 24.3. The van der Waals surface area contributed by atoms with E-state index in [2.05, 4.69) is 23.5 Å². The van der Waals surface area contributed by atoms with Gasteiger partial charge in [-0.2, -0.15) is 0 Å². The van der Waals surface area contributed by atoms with Gasteiger partial charge in [-0.25, -0.2) is 13.4 Å². The van der Waals surface area contributed by atoms with E-state index in [1.807, 2.05) is 18.2 Å². The SMILES string of the molecule is CS(=O)(=O)c1ccc(CNC(=O)[C@@H]2CC=CC[C@@H]2c2nc3ccccc3s2)cc1. The van der Waals surface area contributed by atoms with Crippen molar-refractivity contribution in [3.05, 3.63) is 71.3 Å². The first-order chi connectivity index (χ1) is 13.9. The van der Waals surface area contributed by atoms with Crippen LogP contribution in [0.15, 0.2) is 65.6 Å². The Morgan fingerprint density at radius 3 is 2.55 bits per heavy atom. The molecule has 0 saturated carbocycles. The van der Waals surface area contributed by atoms with Crippen molar-refractivity contribution in [1.29, 1.82) is 0 Å². The molecule has 4 rings (SSSR count). The van der Waals surface area contributed by atoms with Gasteiger partial charge in [-0.3, -0.25) is 4.79 Å². The van der Waals surface area contributed by atoms with Crippen LogP contribution in [0.4, 0.5) is 0 Å². The highest BCUT2D eigenvalue weighted by atomic mass is 32.2. The molecule has 0 fully saturated rings. The molecule has 29 heavy (non-hydrogen) atoms. The Kier molecular flexibility index (Phi) is 5.52. The lowest BCUT2D eigenvalue weighted by molar-refractivity contribution is -0.125. The Balaban J connectivity index is 1.47. The third-order valence-corrected chi connectivity index (χ3v) is 7.51. The van der Waals surface area contributed by atoms with E-state index in [0.29, 0.717) is 13.0 Å². The van der Waals surface area contributed by atoms with E-state index in [0.717, 1.165) is 27.2 Å². The van der Waals surface area contributed by atoms with Gasteiger partial charge in [-0.1, -0.05) is 36.4 Å². The van der Waals surface area contributed by atoms with E-state index >= 15 is 0 Å². The predicted molar refractivity (Wildman–Crippen MR) is 116 cm³/mol. The monoisotopic (exact) mass is 426 g/mol. The van der Waals surface area contributed by atoms with Crippen LogP contribution in [0.2, 0.25) is 0 Å². The quantitative estimate of drug-likeness (QED) is 0.624. The molecular formula is C22H22N2O3S2. The summed E-state index contributed by atoms with van der Waals surface area (Å²) in [6.07, 6.45) is 6.88. The molecule has 1 N–H and O–H groups in total. The Morgan fingerprint density at radius 2 is 1.83 bits per heavy atom. The van der Waals surface area contributed by atoms with Gasteiger partial charge in [0, 0.05) is 18.7 Å². The van der Waals surface area contributed by atoms with Crippen LogP contribution in [0.25, 0.3) is 10.2 Å². The molecule has 1 aliphatic rings. The lowest BCUT2D eigenvalue weighted by Crippen LogP contribution is -2.34. The van der Waals surface area contributed by atoms with Crippen LogP contribution in [-0.2, 0) is 21.2 Å². The van der Waals surface area contributed by atoms with Crippen LogP contribution in [0.1, 0.15) is 29.3 Å². The average Bonchev–Trinajstić information content (AvgIpc) is 3.16. The first-order valence-electron chi connectivity index (χ1n) is 9.49. The van der Waals surface area contributed by atoms with Crippen molar-refractivity contribution in [3.63, 3.8) is 0 Å². The fourth-order valence-electron chi connectivity index (χ4n) is 3.60. The van der Waals surface area contributed by atoms with Crippen LogP contribution in [0, 0.1) is 5.92 Å². The van der Waals surface area contributed by atoms with Crippen LogP contribution in [-0.4, -0.2) is 25.6 Å². The van der Waals surface area contributed by atoms with Gasteiger partial charge >= 0.3 is 0 Å². The van der Waals surface area contributed by atoms with E-state index in [-0.39, 0.29) is 22.6 Å². The van der Waals surface area contributed by atoms with Crippen LogP contribution < -0.4 is 5.32 Å². The largest absolute Gasteiger partial charge is 0.352 e. The minimum Gasteiger partial charge on any atom is -0.352 e. The van der Waals surface area contributed by atoms with Gasteiger partial charge in [0.15, 0.2) is 9.84 Å². The lowest BCUT2D eigenvalue weighted by Gasteiger charge is -2.26. The number of fused-ring (bicyclic) bond motifs is 1. The Hall–Kier alpha value is -2.51. The van der Waals surface area contributed by atoms with Crippen LogP contribution in [0.3, 0.4) is 0 Å². The smallest absolute Gasteiger partial charge is 0.224 e. The number of allylic oxidation sites excluding steroid dienone is 2. The van der Waals surface area contributed by atoms with E-state index in [1.54, 1.807) is 35.6 Å². The maximum atomic E-state index is 12.9. The normalized spacial score (nSPS) is 19.3. The van der Waals surface area contributed by atoms with Crippen molar-refractivity contribution in [3.8, 4) is 0 Å². The summed E-state index contributed by atoms with van der Waals surface area (Å²) in [5.41, 5.74) is 1.85. The van der Waals surface area contributed by atoms with Crippen molar-refractivity contribution < 1.29 is 13.2 Å². The fourth-order valence-corrected chi connectivity index (χ4v) is 5.38. The molecule has 0 saturated heterocycles. The molecule has 0 unspecified atom stereocenters. The second-order valence-electron chi connectivity index (χ2n) is 7.31. The molecule has 0 bridgehead atoms. The first kappa shape index (κ1) is 19.8. The number of para-hydroxylation sites is 1. The molecule has 5 nitrogen and oxygen atoms in total. The zero-order chi connectivity index (χ0) is 20.4. The summed E-state index contributed by atoms with van der Waals surface area (Å²) in [5.74, 6) is -0.0772. The number of hydrogen-bond donors (Lipinski definition) is 1. The van der Waals surface area contributed by atoms with Crippen molar-refractivity contribution >= 4 is 37.3 Å². The van der Waals surface area contributed by atoms with Crippen molar-refractivity contribution in [2.45, 2.75) is 30.2 Å². The minimum absolute atomic E-state index is 0.00537. The molecule has 150 valence electrons. The second kappa shape index (κ2) is 8.08. The van der Waals surface area contributed by atoms with Crippen molar-refractivity contribution in [2.75, 3.05) is 6.26 Å². The number of sulfone groups is 1. The summed E-state index contributed by atoms with van der Waals surface area (Å²) in [6.45, 7) is 0.371. The van der Waals surface area contributed by atoms with Crippen molar-refractivity contribution in [2.24, 2.45) is 5.92 Å². The number of amides is 1. The maximum Gasteiger partial charge on any atom is 0.224 e. The van der Waals surface area contributed by atoms with Crippen molar-refractivity contribution in [1.82, 2.24) is 10.3 Å². The van der Waals surface area contributed by atoms with E-state index in [4.69, 9.17) is 4.98 Å². The Bertz CT molecular complexity index is 1130. The van der Waals surface area contributed by atoms with E-state index in [1.165, 1.54) is 6.26 Å². The van der Waals surface area contributed by atoms with E-state index < -0.39 is 9.84 Å². The fraction of sp³-hybridized carbons (Fsp3) is 0.273. The summed E-state index contributed by atoms with van der Waals surface area (Å²) in [7, 11) is -3.22. The molecule has 2 atom stereocenters. The number of benzene rings is 2. The van der Waals surface area contributed by atoms with Crippen LogP contribution >= 0.6 is 11.3 Å². The molecule has 1 aliphatic carbocycles. The number of nitrogens with zero attached hydrogens (tertiary/aromatic N) is 1. The second-order valence-corrected chi connectivity index (χ2v) is 10.4. The highest BCUT2D eigenvalue weighted by Gasteiger charge is 2.32. The molecule has 0 aliphatic heterocycles. The summed E-state index contributed by atoms with van der Waals surface area (Å²) in [5, 5.41) is 4.02. The summed E-state index contributed by atoms with van der Waals surface area (Å²) in [6, 6.07) is 14.7. The molecular weight excluding hydrogens is 404 g/mol. The molecule has 1 heterocycles. The molecule has 3 aromatic rings. The van der Waals surface area contributed by atoms with Gasteiger partial charge in [0.05, 0.1) is 26.0 Å². The lowest BCUT2D eigenvalue weighted by atomic mass is 9.82. The first-order valence-corrected chi connectivity index (χ1v) is 12.2. The Morgan fingerprint density at radius 1 is 1.10 bits per heavy atom. The van der Waals surface area contributed by atoms with Gasteiger partial charge in [0.2, 0.25) is 5.91 Å². The molecule has 1 aromatic heterocycles. The van der Waals surface area contributed by atoms with Gasteiger partial charge in [-0.15, -0.1) is 11.3 Å². The number of hydrogen-bond acceptors (Lipinski definition) is 5. The molecule has 1 amide bonds. The minimum atomic E-state index is -3.22. The standard InChI is InChI=1S/C22H22N2O3S2/c1-29(26,27)16-12-10-15(11-13-16)14-23-21(25)17-6-2-3-7-18(17)22-24-19-8-4-5-9-20(19)28-22/h2-5,8-13,17-18H,6-7,14H2,1H3,(H,23,25)/t17-,18+/m1/s1. The number of carbonyl (C=O) groups excluding carboxylic acids is 1. The summed E-state index contributed by atoms with van der Waals surface area (Å²) >= 11 is 1.66. The van der Waals surface area contributed by atoms with Crippen LogP contribution in [0.5, 0.6) is 0 Å². The van der Waals surface area contributed by atoms with Gasteiger partial charge < -0.3 is 5.32 Å². The zero-order valence-corrected chi connectivity index (χ0v) is 17.7. The van der Waals surface area contributed by atoms with Gasteiger partial charge in [0.1, 0.15) is 0 Å². The van der Waals surface area contributed by atoms with Gasteiger partial charge in [-0.05, 0) is 42.7 Å². The zero-order valence-electron chi connectivity index (χ0n) is 16.0. The number of thiazole rings is 1. The molecule has 2 aromatic carbocycles. The number of aromatic nitrogens is 1.